The predicted molar refractivity (Wildman–Crippen MR) is 56.9 cm³/mol. The van der Waals surface area contributed by atoms with Crippen molar-refractivity contribution >= 4 is 5.97 Å². The van der Waals surface area contributed by atoms with Crippen LogP contribution in [0.4, 0.5) is 0 Å². The highest BCUT2D eigenvalue weighted by atomic mass is 16.4. The molecule has 0 bridgehead atoms. The lowest BCUT2D eigenvalue weighted by molar-refractivity contribution is -0.136. The van der Waals surface area contributed by atoms with Crippen molar-refractivity contribution in [3.63, 3.8) is 0 Å². The van der Waals surface area contributed by atoms with Gasteiger partial charge in [0.1, 0.15) is 11.5 Å². The Hall–Kier alpha value is -1.29. The number of carboxylic acids is 1. The monoisotopic (exact) mass is 211 g/mol. The molecule has 1 aromatic rings. The molecule has 4 heteroatoms. The number of aryl methyl sites for hydroxylation is 2. The number of hydrogen-bond donors (Lipinski definition) is 2. The van der Waals surface area contributed by atoms with Gasteiger partial charge in [-0.25, -0.2) is 0 Å². The van der Waals surface area contributed by atoms with Crippen LogP contribution in [-0.2, 0) is 4.79 Å². The third-order valence-corrected chi connectivity index (χ3v) is 2.34. The highest BCUT2D eigenvalue weighted by Crippen LogP contribution is 2.20. The first-order valence-electron chi connectivity index (χ1n) is 5.03. The van der Waals surface area contributed by atoms with Crippen molar-refractivity contribution in [1.29, 1.82) is 0 Å². The van der Waals surface area contributed by atoms with E-state index in [1.165, 1.54) is 0 Å². The average Bonchev–Trinajstić information content (AvgIpc) is 2.44. The van der Waals surface area contributed by atoms with E-state index < -0.39 is 5.97 Å². The lowest BCUT2D eigenvalue weighted by Crippen LogP contribution is -2.22. The van der Waals surface area contributed by atoms with Crippen LogP contribution < -0.4 is 5.32 Å². The highest BCUT2D eigenvalue weighted by molar-refractivity contribution is 5.66. The number of rotatable bonds is 5. The quantitative estimate of drug-likeness (QED) is 0.782. The van der Waals surface area contributed by atoms with E-state index in [-0.39, 0.29) is 12.5 Å². The van der Waals surface area contributed by atoms with Gasteiger partial charge in [0.05, 0.1) is 6.42 Å². The minimum Gasteiger partial charge on any atom is -0.481 e. The number of furan rings is 1. The summed E-state index contributed by atoms with van der Waals surface area (Å²) in [4.78, 5) is 10.3. The zero-order chi connectivity index (χ0) is 11.4. The predicted octanol–water partition coefficient (Wildman–Crippen LogP) is 2.02. The van der Waals surface area contributed by atoms with Crippen molar-refractivity contribution in [3.8, 4) is 0 Å². The Morgan fingerprint density at radius 2 is 2.27 bits per heavy atom. The van der Waals surface area contributed by atoms with Gasteiger partial charge in [0.25, 0.3) is 0 Å². The fourth-order valence-electron chi connectivity index (χ4n) is 1.59. The third-order valence-electron chi connectivity index (χ3n) is 2.34. The van der Waals surface area contributed by atoms with Gasteiger partial charge in [-0.3, -0.25) is 4.79 Å². The van der Waals surface area contributed by atoms with Gasteiger partial charge < -0.3 is 14.8 Å². The Kier molecular flexibility index (Phi) is 3.91. The van der Waals surface area contributed by atoms with E-state index in [1.807, 2.05) is 26.8 Å². The van der Waals surface area contributed by atoms with Crippen LogP contribution in [0, 0.1) is 13.8 Å². The summed E-state index contributed by atoms with van der Waals surface area (Å²) in [6.07, 6.45) is 0.139. The molecule has 1 rings (SSSR count). The Bertz CT molecular complexity index is 344. The second kappa shape index (κ2) is 4.98. The number of carbonyl (C=O) groups is 1. The molecule has 0 fully saturated rings. The largest absolute Gasteiger partial charge is 0.481 e. The van der Waals surface area contributed by atoms with Crippen LogP contribution in [0.3, 0.4) is 0 Å². The van der Waals surface area contributed by atoms with Crippen molar-refractivity contribution in [3.05, 3.63) is 23.2 Å². The molecule has 0 aliphatic rings. The molecule has 84 valence electrons. The zero-order valence-electron chi connectivity index (χ0n) is 9.33. The Balaban J connectivity index is 2.50. The number of aliphatic carboxylic acids is 1. The summed E-state index contributed by atoms with van der Waals surface area (Å²) in [6.45, 7) is 6.29. The standard InChI is InChI=1S/C11H17NO3/c1-7-6-10(9(3)15-7)8(2)12-5-4-11(13)14/h6,8,12H,4-5H2,1-3H3,(H,13,14). The molecule has 1 heterocycles. The van der Waals surface area contributed by atoms with Crippen LogP contribution in [0.5, 0.6) is 0 Å². The molecule has 0 aliphatic heterocycles. The normalized spacial score (nSPS) is 12.7. The summed E-state index contributed by atoms with van der Waals surface area (Å²) in [5.41, 5.74) is 1.10. The SMILES string of the molecule is Cc1cc(C(C)NCCC(=O)O)c(C)o1. The Morgan fingerprint density at radius 3 is 2.73 bits per heavy atom. The summed E-state index contributed by atoms with van der Waals surface area (Å²) in [5, 5.41) is 11.6. The van der Waals surface area contributed by atoms with Crippen LogP contribution in [0.1, 0.15) is 36.5 Å². The molecule has 0 amide bonds. The maximum Gasteiger partial charge on any atom is 0.304 e. The van der Waals surface area contributed by atoms with Crippen molar-refractivity contribution in [1.82, 2.24) is 5.32 Å². The van der Waals surface area contributed by atoms with Gasteiger partial charge in [-0.2, -0.15) is 0 Å². The number of nitrogens with one attached hydrogen (secondary N) is 1. The van der Waals surface area contributed by atoms with Gasteiger partial charge in [0.2, 0.25) is 0 Å². The first-order valence-corrected chi connectivity index (χ1v) is 5.03. The molecule has 0 aromatic carbocycles. The lowest BCUT2D eigenvalue weighted by Gasteiger charge is -2.11. The molecule has 4 nitrogen and oxygen atoms in total. The van der Waals surface area contributed by atoms with Gasteiger partial charge in [-0.15, -0.1) is 0 Å². The molecule has 1 atom stereocenters. The summed E-state index contributed by atoms with van der Waals surface area (Å²) < 4.78 is 5.41. The fourth-order valence-corrected chi connectivity index (χ4v) is 1.59. The second-order valence-corrected chi connectivity index (χ2v) is 3.69. The Labute approximate surface area is 89.3 Å². The first-order chi connectivity index (χ1) is 7.00. The number of carboxylic acid groups (broad SMARTS) is 1. The molecule has 0 spiro atoms. The molecular formula is C11H17NO3. The van der Waals surface area contributed by atoms with Gasteiger partial charge >= 0.3 is 5.97 Å². The van der Waals surface area contributed by atoms with Crippen LogP contribution in [-0.4, -0.2) is 17.6 Å². The van der Waals surface area contributed by atoms with Gasteiger partial charge in [0, 0.05) is 18.2 Å². The summed E-state index contributed by atoms with van der Waals surface area (Å²) in [6, 6.07) is 2.11. The topological polar surface area (TPSA) is 62.5 Å². The van der Waals surface area contributed by atoms with Crippen LogP contribution in [0.2, 0.25) is 0 Å². The van der Waals surface area contributed by atoms with E-state index in [9.17, 15) is 4.79 Å². The summed E-state index contributed by atoms with van der Waals surface area (Å²) in [7, 11) is 0. The lowest BCUT2D eigenvalue weighted by atomic mass is 10.1. The van der Waals surface area contributed by atoms with Crippen LogP contribution in [0.25, 0.3) is 0 Å². The van der Waals surface area contributed by atoms with Crippen LogP contribution in [0.15, 0.2) is 10.5 Å². The summed E-state index contributed by atoms with van der Waals surface area (Å²) in [5.74, 6) is 0.993. The van der Waals surface area contributed by atoms with Gasteiger partial charge in [-0.1, -0.05) is 0 Å². The van der Waals surface area contributed by atoms with E-state index >= 15 is 0 Å². The molecule has 2 N–H and O–H groups in total. The molecule has 0 saturated carbocycles. The van der Waals surface area contributed by atoms with Gasteiger partial charge in [0.15, 0.2) is 0 Å². The second-order valence-electron chi connectivity index (χ2n) is 3.69. The highest BCUT2D eigenvalue weighted by Gasteiger charge is 2.12. The van der Waals surface area contributed by atoms with Crippen molar-refractivity contribution in [2.45, 2.75) is 33.2 Å². The van der Waals surface area contributed by atoms with E-state index in [2.05, 4.69) is 5.32 Å². The van der Waals surface area contributed by atoms with E-state index in [1.54, 1.807) is 0 Å². The molecule has 15 heavy (non-hydrogen) atoms. The maximum atomic E-state index is 10.3. The van der Waals surface area contributed by atoms with Crippen molar-refractivity contribution in [2.24, 2.45) is 0 Å². The fraction of sp³-hybridized carbons (Fsp3) is 0.545. The molecule has 0 radical (unpaired) electrons. The minimum atomic E-state index is -0.783. The molecular weight excluding hydrogens is 194 g/mol. The van der Waals surface area contributed by atoms with E-state index in [4.69, 9.17) is 9.52 Å². The summed E-state index contributed by atoms with van der Waals surface area (Å²) >= 11 is 0. The zero-order valence-corrected chi connectivity index (χ0v) is 9.33. The molecule has 0 aliphatic carbocycles. The molecule has 1 aromatic heterocycles. The first kappa shape index (κ1) is 11.8. The minimum absolute atomic E-state index is 0.127. The molecule has 1 unspecified atom stereocenters. The van der Waals surface area contributed by atoms with E-state index in [0.717, 1.165) is 17.1 Å². The van der Waals surface area contributed by atoms with Crippen molar-refractivity contribution < 1.29 is 14.3 Å². The Morgan fingerprint density at radius 1 is 1.60 bits per heavy atom. The number of hydrogen-bond acceptors (Lipinski definition) is 3. The third kappa shape index (κ3) is 3.40. The average molecular weight is 211 g/mol. The maximum absolute atomic E-state index is 10.3. The van der Waals surface area contributed by atoms with Gasteiger partial charge in [-0.05, 0) is 26.8 Å². The van der Waals surface area contributed by atoms with Crippen LogP contribution >= 0.6 is 0 Å². The van der Waals surface area contributed by atoms with Crippen molar-refractivity contribution in [2.75, 3.05) is 6.54 Å². The smallest absolute Gasteiger partial charge is 0.304 e. The van der Waals surface area contributed by atoms with E-state index in [0.29, 0.717) is 6.54 Å². The molecule has 0 saturated heterocycles.